The number of nitrogens with zero attached hydrogens (tertiary/aromatic N) is 2. The minimum Gasteiger partial charge on any atom is -0.320 e. The molecule has 2 aliphatic rings. The van der Waals surface area contributed by atoms with Crippen LogP contribution in [0.1, 0.15) is 48.7 Å². The number of fused-ring (bicyclic) bond motifs is 1. The van der Waals surface area contributed by atoms with Crippen molar-refractivity contribution < 1.29 is 11.4 Å². The van der Waals surface area contributed by atoms with E-state index >= 15 is 0 Å². The van der Waals surface area contributed by atoms with Crippen molar-refractivity contribution >= 4 is 5.91 Å². The summed E-state index contributed by atoms with van der Waals surface area (Å²) in [6, 6.07) is 2.55. The highest BCUT2D eigenvalue weighted by Gasteiger charge is 2.34. The fourth-order valence-corrected chi connectivity index (χ4v) is 3.74. The monoisotopic (exact) mass is 320 g/mol. The molecule has 6 nitrogen and oxygen atoms in total. The molecule has 3 N–H and O–H groups in total. The van der Waals surface area contributed by atoms with E-state index in [1.54, 1.807) is 11.7 Å². The Hall–Kier alpha value is -1.50. The minimum absolute atomic E-state index is 0. The highest BCUT2D eigenvalue weighted by atomic mass is 16.5. The van der Waals surface area contributed by atoms with Gasteiger partial charge in [-0.15, -0.1) is 0 Å². The van der Waals surface area contributed by atoms with Gasteiger partial charge in [-0.1, -0.05) is 0 Å². The SMILES string of the molecule is CNCCCC1CC(N2CCc3cc(C(=O)NO)cnc3C2)C1.[HH]. The number of aromatic nitrogens is 1. The number of hydrogen-bond acceptors (Lipinski definition) is 5. The van der Waals surface area contributed by atoms with Crippen molar-refractivity contribution in [3.8, 4) is 0 Å². The van der Waals surface area contributed by atoms with Crippen LogP contribution in [0.5, 0.6) is 0 Å². The minimum atomic E-state index is -0.494. The van der Waals surface area contributed by atoms with Gasteiger partial charge in [0.25, 0.3) is 5.91 Å². The lowest BCUT2D eigenvalue weighted by Gasteiger charge is -2.44. The van der Waals surface area contributed by atoms with Gasteiger partial charge in [0.1, 0.15) is 0 Å². The smallest absolute Gasteiger partial charge is 0.276 e. The fraction of sp³-hybridized carbons (Fsp3) is 0.647. The first-order chi connectivity index (χ1) is 11.2. The topological polar surface area (TPSA) is 77.5 Å². The molecule has 1 amide bonds. The van der Waals surface area contributed by atoms with Gasteiger partial charge in [-0.05, 0) is 63.2 Å². The molecule has 2 heterocycles. The third kappa shape index (κ3) is 3.71. The van der Waals surface area contributed by atoms with Crippen LogP contribution in [0, 0.1) is 5.92 Å². The molecule has 1 fully saturated rings. The quantitative estimate of drug-likeness (QED) is 0.421. The summed E-state index contributed by atoms with van der Waals surface area (Å²) in [6.07, 6.45) is 7.70. The van der Waals surface area contributed by atoms with Gasteiger partial charge >= 0.3 is 0 Å². The zero-order valence-electron chi connectivity index (χ0n) is 13.7. The van der Waals surface area contributed by atoms with Crippen molar-refractivity contribution in [2.75, 3.05) is 20.1 Å². The van der Waals surface area contributed by atoms with Crippen LogP contribution in [0.2, 0.25) is 0 Å². The molecule has 1 aromatic heterocycles. The van der Waals surface area contributed by atoms with Crippen molar-refractivity contribution in [3.05, 3.63) is 29.1 Å². The predicted molar refractivity (Wildman–Crippen MR) is 89.4 cm³/mol. The molecule has 0 atom stereocenters. The first kappa shape index (κ1) is 16.4. The van der Waals surface area contributed by atoms with Crippen LogP contribution < -0.4 is 10.8 Å². The summed E-state index contributed by atoms with van der Waals surface area (Å²) in [5, 5.41) is 11.9. The summed E-state index contributed by atoms with van der Waals surface area (Å²) in [5.74, 6) is 0.393. The highest BCUT2D eigenvalue weighted by Crippen LogP contribution is 2.36. The standard InChI is InChI=1S/C17H26N4O2.H2/c1-18-5-2-3-12-7-15(8-12)21-6-4-13-9-14(17(22)20-23)10-19-16(13)11-21;/h9-10,12,15,18,23H,2-8,11H2,1H3,(H,20,22);1H. The Morgan fingerprint density at radius 2 is 2.35 bits per heavy atom. The Bertz CT molecular complexity index is 564. The Balaban J connectivity index is 0.00000208. The molecule has 128 valence electrons. The van der Waals surface area contributed by atoms with Gasteiger partial charge in [-0.25, -0.2) is 5.48 Å². The third-order valence-corrected chi connectivity index (χ3v) is 5.21. The maximum Gasteiger partial charge on any atom is 0.276 e. The molecule has 1 saturated carbocycles. The van der Waals surface area contributed by atoms with Gasteiger partial charge in [0, 0.05) is 26.8 Å². The lowest BCUT2D eigenvalue weighted by molar-refractivity contribution is 0.0609. The van der Waals surface area contributed by atoms with E-state index in [1.165, 1.54) is 25.7 Å². The first-order valence-corrected chi connectivity index (χ1v) is 8.52. The number of nitrogens with one attached hydrogen (secondary N) is 2. The van der Waals surface area contributed by atoms with Crippen LogP contribution in [0.4, 0.5) is 0 Å². The van der Waals surface area contributed by atoms with Crippen LogP contribution in [0.15, 0.2) is 12.3 Å². The molecular weight excluding hydrogens is 292 g/mol. The average molecular weight is 320 g/mol. The van der Waals surface area contributed by atoms with Gasteiger partial charge in [0.2, 0.25) is 0 Å². The summed E-state index contributed by atoms with van der Waals surface area (Å²) in [6.45, 7) is 3.03. The molecule has 6 heteroatoms. The Labute approximate surface area is 138 Å². The molecule has 1 aliphatic heterocycles. The number of amides is 1. The summed E-state index contributed by atoms with van der Waals surface area (Å²) in [4.78, 5) is 18.4. The van der Waals surface area contributed by atoms with Crippen molar-refractivity contribution in [2.24, 2.45) is 5.92 Å². The van der Waals surface area contributed by atoms with E-state index in [2.05, 4.69) is 15.2 Å². The molecule has 0 aromatic carbocycles. The van der Waals surface area contributed by atoms with E-state index in [4.69, 9.17) is 5.21 Å². The van der Waals surface area contributed by atoms with Gasteiger partial charge in [-0.2, -0.15) is 0 Å². The molecule has 0 bridgehead atoms. The molecule has 3 rings (SSSR count). The van der Waals surface area contributed by atoms with Crippen molar-refractivity contribution in [1.82, 2.24) is 20.7 Å². The van der Waals surface area contributed by atoms with Crippen LogP contribution in [0.3, 0.4) is 0 Å². The lowest BCUT2D eigenvalue weighted by atomic mass is 9.76. The van der Waals surface area contributed by atoms with E-state index < -0.39 is 5.91 Å². The zero-order valence-corrected chi connectivity index (χ0v) is 13.7. The number of pyridine rings is 1. The maximum absolute atomic E-state index is 11.5. The van der Waals surface area contributed by atoms with E-state index in [0.717, 1.165) is 43.2 Å². The molecule has 0 radical (unpaired) electrons. The van der Waals surface area contributed by atoms with Crippen molar-refractivity contribution in [2.45, 2.75) is 44.7 Å². The Morgan fingerprint density at radius 3 is 3.09 bits per heavy atom. The molecule has 0 saturated heterocycles. The molecule has 0 unspecified atom stereocenters. The molecule has 0 spiro atoms. The third-order valence-electron chi connectivity index (χ3n) is 5.21. The molecule has 1 aromatic rings. The summed E-state index contributed by atoms with van der Waals surface area (Å²) >= 11 is 0. The van der Waals surface area contributed by atoms with Gasteiger partial charge in [0.05, 0.1) is 11.3 Å². The first-order valence-electron chi connectivity index (χ1n) is 8.52. The van der Waals surface area contributed by atoms with Crippen molar-refractivity contribution in [3.63, 3.8) is 0 Å². The lowest BCUT2D eigenvalue weighted by Crippen LogP contribution is -2.47. The second kappa shape index (κ2) is 7.38. The number of carbonyl (C=O) groups is 1. The normalized spacial score (nSPS) is 23.9. The molecule has 23 heavy (non-hydrogen) atoms. The van der Waals surface area contributed by atoms with E-state index in [-0.39, 0.29) is 1.43 Å². The van der Waals surface area contributed by atoms with E-state index in [1.807, 2.05) is 13.1 Å². The Kier molecular flexibility index (Phi) is 5.25. The summed E-state index contributed by atoms with van der Waals surface area (Å²) in [7, 11) is 2.01. The molecule has 1 aliphatic carbocycles. The fourth-order valence-electron chi connectivity index (χ4n) is 3.74. The Morgan fingerprint density at radius 1 is 1.52 bits per heavy atom. The van der Waals surface area contributed by atoms with Gasteiger partial charge < -0.3 is 5.32 Å². The number of carbonyl (C=O) groups excluding carboxylic acids is 1. The van der Waals surface area contributed by atoms with Crippen LogP contribution in [-0.2, 0) is 13.0 Å². The number of rotatable bonds is 6. The van der Waals surface area contributed by atoms with Gasteiger partial charge in [-0.3, -0.25) is 19.9 Å². The summed E-state index contributed by atoms with van der Waals surface area (Å²) in [5.41, 5.74) is 4.29. The highest BCUT2D eigenvalue weighted by molar-refractivity contribution is 5.93. The largest absolute Gasteiger partial charge is 0.320 e. The van der Waals surface area contributed by atoms with Crippen LogP contribution in [-0.4, -0.2) is 47.2 Å². The molecular formula is C17H28N4O2. The number of hydrogen-bond donors (Lipinski definition) is 3. The van der Waals surface area contributed by atoms with Crippen LogP contribution >= 0.6 is 0 Å². The van der Waals surface area contributed by atoms with E-state index in [9.17, 15) is 4.79 Å². The van der Waals surface area contributed by atoms with Crippen molar-refractivity contribution in [1.29, 1.82) is 0 Å². The summed E-state index contributed by atoms with van der Waals surface area (Å²) < 4.78 is 0. The predicted octanol–water partition coefficient (Wildman–Crippen LogP) is 1.58. The van der Waals surface area contributed by atoms with Crippen LogP contribution in [0.25, 0.3) is 0 Å². The van der Waals surface area contributed by atoms with Gasteiger partial charge in [0.15, 0.2) is 0 Å². The second-order valence-corrected chi connectivity index (χ2v) is 6.73. The maximum atomic E-state index is 11.5. The second-order valence-electron chi connectivity index (χ2n) is 6.73. The average Bonchev–Trinajstić information content (AvgIpc) is 2.55. The number of hydroxylamine groups is 1. The zero-order chi connectivity index (χ0) is 16.2. The van der Waals surface area contributed by atoms with E-state index in [0.29, 0.717) is 11.6 Å².